The van der Waals surface area contributed by atoms with Crippen LogP contribution < -0.4 is 10.1 Å². The van der Waals surface area contributed by atoms with Crippen LogP contribution in [0.5, 0.6) is 5.75 Å². The van der Waals surface area contributed by atoms with Crippen molar-refractivity contribution in [3.05, 3.63) is 59.5 Å². The minimum atomic E-state index is -3.38. The third kappa shape index (κ3) is 4.96. The molecule has 0 spiro atoms. The highest BCUT2D eigenvalue weighted by Gasteiger charge is 2.13. The fourth-order valence-electron chi connectivity index (χ4n) is 2.48. The number of carbonyl (C=O) groups is 1. The van der Waals surface area contributed by atoms with E-state index in [9.17, 15) is 13.2 Å². The van der Waals surface area contributed by atoms with Gasteiger partial charge >= 0.3 is 0 Å². The van der Waals surface area contributed by atoms with Crippen molar-refractivity contribution in [2.45, 2.75) is 24.8 Å². The van der Waals surface area contributed by atoms with Crippen LogP contribution in [0.3, 0.4) is 0 Å². The highest BCUT2D eigenvalue weighted by Crippen LogP contribution is 2.27. The summed E-state index contributed by atoms with van der Waals surface area (Å²) in [5.74, 6) is 0.375. The van der Waals surface area contributed by atoms with Gasteiger partial charge in [0.25, 0.3) is 5.91 Å². The van der Waals surface area contributed by atoms with Crippen LogP contribution in [0.25, 0.3) is 11.3 Å². The van der Waals surface area contributed by atoms with Crippen LogP contribution in [-0.4, -0.2) is 31.7 Å². The second-order valence-corrected chi connectivity index (χ2v) is 9.36. The second-order valence-electron chi connectivity index (χ2n) is 6.48. The molecule has 0 atom stereocenters. The Morgan fingerprint density at radius 2 is 1.86 bits per heavy atom. The number of rotatable bonds is 6. The Balaban J connectivity index is 1.73. The lowest BCUT2D eigenvalue weighted by Crippen LogP contribution is -2.12. The van der Waals surface area contributed by atoms with E-state index in [0.29, 0.717) is 5.13 Å². The molecule has 0 aliphatic heterocycles. The zero-order valence-corrected chi connectivity index (χ0v) is 17.3. The van der Waals surface area contributed by atoms with Crippen molar-refractivity contribution in [2.75, 3.05) is 11.6 Å². The first kappa shape index (κ1) is 20.0. The average Bonchev–Trinajstić information content (AvgIpc) is 3.09. The molecule has 0 aliphatic carbocycles. The minimum Gasteiger partial charge on any atom is -0.491 e. The largest absolute Gasteiger partial charge is 0.491 e. The number of hydrogen-bond acceptors (Lipinski definition) is 6. The van der Waals surface area contributed by atoms with Gasteiger partial charge in [-0.1, -0.05) is 6.07 Å². The first-order valence-electron chi connectivity index (χ1n) is 8.56. The standard InChI is InChI=1S/C20H20N2O4S2/c1-13(2)26-16-9-7-14(8-10-16)18-12-27-20(21-18)22-19(23)15-5-4-6-17(11-15)28(3,24)25/h4-13H,1-3H3,(H,21,22,23). The number of nitrogens with zero attached hydrogens (tertiary/aromatic N) is 1. The number of sulfone groups is 1. The lowest BCUT2D eigenvalue weighted by molar-refractivity contribution is 0.102. The summed E-state index contributed by atoms with van der Waals surface area (Å²) in [6.07, 6.45) is 1.21. The number of nitrogens with one attached hydrogen (secondary N) is 1. The van der Waals surface area contributed by atoms with E-state index in [2.05, 4.69) is 10.3 Å². The Morgan fingerprint density at radius 1 is 1.14 bits per heavy atom. The topological polar surface area (TPSA) is 85.4 Å². The SMILES string of the molecule is CC(C)Oc1ccc(-c2csc(NC(=O)c3cccc(S(C)(=O)=O)c3)n2)cc1. The summed E-state index contributed by atoms with van der Waals surface area (Å²) in [7, 11) is -3.38. The van der Waals surface area contributed by atoms with Crippen LogP contribution in [0, 0.1) is 0 Å². The van der Waals surface area contributed by atoms with Gasteiger partial charge in [0.05, 0.1) is 16.7 Å². The maximum atomic E-state index is 12.4. The third-order valence-electron chi connectivity index (χ3n) is 3.77. The van der Waals surface area contributed by atoms with Crippen molar-refractivity contribution in [3.8, 4) is 17.0 Å². The van der Waals surface area contributed by atoms with Gasteiger partial charge in [-0.15, -0.1) is 11.3 Å². The fourth-order valence-corrected chi connectivity index (χ4v) is 3.86. The minimum absolute atomic E-state index is 0.101. The Kier molecular flexibility index (Phi) is 5.81. The van der Waals surface area contributed by atoms with Crippen molar-refractivity contribution in [3.63, 3.8) is 0 Å². The highest BCUT2D eigenvalue weighted by molar-refractivity contribution is 7.90. The van der Waals surface area contributed by atoms with Crippen molar-refractivity contribution >= 4 is 32.2 Å². The van der Waals surface area contributed by atoms with E-state index in [1.807, 2.05) is 43.5 Å². The molecule has 0 unspecified atom stereocenters. The summed E-state index contributed by atoms with van der Waals surface area (Å²) in [5.41, 5.74) is 1.91. The molecule has 28 heavy (non-hydrogen) atoms. The van der Waals surface area contributed by atoms with Gasteiger partial charge < -0.3 is 4.74 Å². The summed E-state index contributed by atoms with van der Waals surface area (Å²) in [6.45, 7) is 3.93. The van der Waals surface area contributed by atoms with E-state index in [1.165, 1.54) is 23.5 Å². The Bertz CT molecular complexity index is 1090. The molecule has 0 saturated heterocycles. The van der Waals surface area contributed by atoms with E-state index in [-0.39, 0.29) is 16.6 Å². The maximum absolute atomic E-state index is 12.4. The van der Waals surface area contributed by atoms with E-state index < -0.39 is 15.7 Å². The highest BCUT2D eigenvalue weighted by atomic mass is 32.2. The van der Waals surface area contributed by atoms with Gasteiger partial charge in [-0.05, 0) is 56.3 Å². The van der Waals surface area contributed by atoms with Gasteiger partial charge in [0.1, 0.15) is 5.75 Å². The summed E-state index contributed by atoms with van der Waals surface area (Å²) in [6, 6.07) is 13.5. The molecule has 1 amide bonds. The number of ether oxygens (including phenoxy) is 1. The predicted molar refractivity (Wildman–Crippen MR) is 111 cm³/mol. The molecule has 2 aromatic carbocycles. The van der Waals surface area contributed by atoms with Crippen LogP contribution in [0.15, 0.2) is 58.8 Å². The summed E-state index contributed by atoms with van der Waals surface area (Å²) in [4.78, 5) is 17.0. The summed E-state index contributed by atoms with van der Waals surface area (Å²) < 4.78 is 28.9. The smallest absolute Gasteiger partial charge is 0.257 e. The molecular formula is C20H20N2O4S2. The maximum Gasteiger partial charge on any atom is 0.257 e. The molecule has 0 radical (unpaired) electrons. The molecular weight excluding hydrogens is 396 g/mol. The molecule has 146 valence electrons. The molecule has 0 fully saturated rings. The number of thiazole rings is 1. The van der Waals surface area contributed by atoms with Crippen LogP contribution >= 0.6 is 11.3 Å². The lowest BCUT2D eigenvalue weighted by atomic mass is 10.2. The van der Waals surface area contributed by atoms with E-state index in [4.69, 9.17) is 4.74 Å². The zero-order valence-electron chi connectivity index (χ0n) is 15.7. The van der Waals surface area contributed by atoms with Gasteiger partial charge in [0.2, 0.25) is 0 Å². The molecule has 8 heteroatoms. The van der Waals surface area contributed by atoms with E-state index >= 15 is 0 Å². The molecule has 3 aromatic rings. The number of carbonyl (C=O) groups excluding carboxylic acids is 1. The predicted octanol–water partition coefficient (Wildman–Crippen LogP) is 4.25. The average molecular weight is 417 g/mol. The Morgan fingerprint density at radius 3 is 2.50 bits per heavy atom. The van der Waals surface area contributed by atoms with Gasteiger partial charge in [0, 0.05) is 22.8 Å². The van der Waals surface area contributed by atoms with Gasteiger partial charge in [-0.2, -0.15) is 0 Å². The fraction of sp³-hybridized carbons (Fsp3) is 0.200. The zero-order chi connectivity index (χ0) is 20.3. The second kappa shape index (κ2) is 8.12. The Labute approximate surface area is 168 Å². The van der Waals surface area contributed by atoms with Crippen LogP contribution in [0.2, 0.25) is 0 Å². The van der Waals surface area contributed by atoms with Crippen molar-refractivity contribution in [1.29, 1.82) is 0 Å². The Hall–Kier alpha value is -2.71. The monoisotopic (exact) mass is 416 g/mol. The lowest BCUT2D eigenvalue weighted by Gasteiger charge is -2.09. The molecule has 0 aliphatic rings. The molecule has 1 N–H and O–H groups in total. The number of benzene rings is 2. The quantitative estimate of drug-likeness (QED) is 0.649. The van der Waals surface area contributed by atoms with Gasteiger partial charge in [-0.3, -0.25) is 10.1 Å². The van der Waals surface area contributed by atoms with Crippen LogP contribution in [0.4, 0.5) is 5.13 Å². The molecule has 1 aromatic heterocycles. The summed E-state index contributed by atoms with van der Waals surface area (Å²) in [5, 5.41) is 5.00. The first-order valence-corrected chi connectivity index (χ1v) is 11.3. The van der Waals surface area contributed by atoms with Gasteiger partial charge in [0.15, 0.2) is 15.0 Å². The number of anilines is 1. The van der Waals surface area contributed by atoms with Crippen LogP contribution in [0.1, 0.15) is 24.2 Å². The molecule has 3 rings (SSSR count). The van der Waals surface area contributed by atoms with E-state index in [0.717, 1.165) is 23.3 Å². The van der Waals surface area contributed by atoms with Crippen molar-refractivity contribution in [2.24, 2.45) is 0 Å². The normalized spacial score (nSPS) is 11.4. The molecule has 1 heterocycles. The number of hydrogen-bond donors (Lipinski definition) is 1. The first-order chi connectivity index (χ1) is 13.2. The van der Waals surface area contributed by atoms with Crippen molar-refractivity contribution < 1.29 is 17.9 Å². The molecule has 6 nitrogen and oxygen atoms in total. The van der Waals surface area contributed by atoms with Gasteiger partial charge in [-0.25, -0.2) is 13.4 Å². The van der Waals surface area contributed by atoms with Crippen LogP contribution in [-0.2, 0) is 9.84 Å². The third-order valence-corrected chi connectivity index (χ3v) is 5.64. The molecule has 0 saturated carbocycles. The van der Waals surface area contributed by atoms with Crippen molar-refractivity contribution in [1.82, 2.24) is 4.98 Å². The number of aromatic nitrogens is 1. The van der Waals surface area contributed by atoms with E-state index in [1.54, 1.807) is 12.1 Å². The summed E-state index contributed by atoms with van der Waals surface area (Å²) >= 11 is 1.30. The molecule has 0 bridgehead atoms. The number of amides is 1.